The Bertz CT molecular complexity index is 313. The molecular formula is C10H17N3S2. The summed E-state index contributed by atoms with van der Waals surface area (Å²) in [5, 5.41) is 11.3. The van der Waals surface area contributed by atoms with E-state index in [1.807, 2.05) is 18.7 Å². The van der Waals surface area contributed by atoms with Crippen LogP contribution in [0.5, 0.6) is 0 Å². The molecule has 0 bridgehead atoms. The van der Waals surface area contributed by atoms with Crippen LogP contribution in [0, 0.1) is 6.92 Å². The minimum atomic E-state index is 0.761. The summed E-state index contributed by atoms with van der Waals surface area (Å²) < 4.78 is 0. The van der Waals surface area contributed by atoms with Crippen molar-refractivity contribution in [3.05, 3.63) is 5.01 Å². The Labute approximate surface area is 99.3 Å². The number of hydrogen-bond donors (Lipinski definition) is 0. The minimum Gasteiger partial charge on any atom is -0.346 e. The Balaban J connectivity index is 2.07. The van der Waals surface area contributed by atoms with Crippen molar-refractivity contribution in [3.63, 3.8) is 0 Å². The zero-order chi connectivity index (χ0) is 10.7. The van der Waals surface area contributed by atoms with E-state index in [1.54, 1.807) is 11.3 Å². The average molecular weight is 243 g/mol. The molecule has 1 aromatic heterocycles. The normalized spacial score (nSPS) is 22.8. The summed E-state index contributed by atoms with van der Waals surface area (Å²) in [7, 11) is 0. The summed E-state index contributed by atoms with van der Waals surface area (Å²) in [6, 6.07) is 0. The topological polar surface area (TPSA) is 29.0 Å². The molecule has 0 amide bonds. The predicted molar refractivity (Wildman–Crippen MR) is 68.0 cm³/mol. The fraction of sp³-hybridized carbons (Fsp3) is 0.800. The summed E-state index contributed by atoms with van der Waals surface area (Å²) in [5.74, 6) is 0. The van der Waals surface area contributed by atoms with E-state index in [4.69, 9.17) is 0 Å². The van der Waals surface area contributed by atoms with Gasteiger partial charge in [0.1, 0.15) is 5.01 Å². The first kappa shape index (κ1) is 11.2. The largest absolute Gasteiger partial charge is 0.346 e. The van der Waals surface area contributed by atoms with E-state index < -0.39 is 0 Å². The lowest BCUT2D eigenvalue weighted by Crippen LogP contribution is -2.29. The van der Waals surface area contributed by atoms with Gasteiger partial charge < -0.3 is 4.90 Å². The third kappa shape index (κ3) is 2.84. The van der Waals surface area contributed by atoms with Crippen LogP contribution in [0.25, 0.3) is 0 Å². The first-order chi connectivity index (χ1) is 7.29. The molecule has 0 aromatic carbocycles. The lowest BCUT2D eigenvalue weighted by Gasteiger charge is -2.22. The number of rotatable bonds is 2. The maximum Gasteiger partial charge on any atom is 0.208 e. The number of thioether (sulfide) groups is 1. The first-order valence-electron chi connectivity index (χ1n) is 5.37. The lowest BCUT2D eigenvalue weighted by atomic mass is 10.2. The number of hydrogen-bond acceptors (Lipinski definition) is 5. The molecule has 1 fully saturated rings. The third-order valence-corrected chi connectivity index (χ3v) is 4.70. The predicted octanol–water partition coefficient (Wildman–Crippen LogP) is 2.57. The van der Waals surface area contributed by atoms with Crippen molar-refractivity contribution in [2.75, 3.05) is 24.2 Å². The molecule has 5 heteroatoms. The number of nitrogens with zero attached hydrogens (tertiary/aromatic N) is 3. The zero-order valence-electron chi connectivity index (χ0n) is 9.27. The standard InChI is InChI=1S/C10H17N3S2/c1-8-11-12-10(15-8)13-6-4-3-5-9(7-13)14-2/h9H,3-7H2,1-2H3. The van der Waals surface area contributed by atoms with E-state index in [1.165, 1.54) is 19.3 Å². The van der Waals surface area contributed by atoms with Crippen LogP contribution in [-0.2, 0) is 0 Å². The van der Waals surface area contributed by atoms with Crippen molar-refractivity contribution in [2.24, 2.45) is 0 Å². The Kier molecular flexibility index (Phi) is 3.86. The molecule has 0 spiro atoms. The lowest BCUT2D eigenvalue weighted by molar-refractivity contribution is 0.736. The van der Waals surface area contributed by atoms with Crippen LogP contribution in [-0.4, -0.2) is 34.8 Å². The van der Waals surface area contributed by atoms with Crippen LogP contribution in [0.4, 0.5) is 5.13 Å². The van der Waals surface area contributed by atoms with Gasteiger partial charge in [0.25, 0.3) is 0 Å². The smallest absolute Gasteiger partial charge is 0.208 e. The maximum atomic E-state index is 4.24. The van der Waals surface area contributed by atoms with Crippen LogP contribution >= 0.6 is 23.1 Å². The van der Waals surface area contributed by atoms with Gasteiger partial charge in [0.05, 0.1) is 0 Å². The average Bonchev–Trinajstić information content (AvgIpc) is 2.54. The molecule has 1 saturated heterocycles. The second kappa shape index (κ2) is 5.16. The van der Waals surface area contributed by atoms with E-state index in [0.717, 1.165) is 28.5 Å². The van der Waals surface area contributed by atoms with Gasteiger partial charge in [-0.1, -0.05) is 17.8 Å². The van der Waals surface area contributed by atoms with Gasteiger partial charge in [-0.25, -0.2) is 0 Å². The molecule has 0 saturated carbocycles. The monoisotopic (exact) mass is 243 g/mol. The van der Waals surface area contributed by atoms with Crippen molar-refractivity contribution in [1.29, 1.82) is 0 Å². The van der Waals surface area contributed by atoms with Crippen LogP contribution in [0.15, 0.2) is 0 Å². The molecule has 1 unspecified atom stereocenters. The molecule has 2 heterocycles. The van der Waals surface area contributed by atoms with Crippen LogP contribution in [0.1, 0.15) is 24.3 Å². The van der Waals surface area contributed by atoms with Gasteiger partial charge in [0.15, 0.2) is 0 Å². The number of aryl methyl sites for hydroxylation is 1. The van der Waals surface area contributed by atoms with Gasteiger partial charge in [0, 0.05) is 18.3 Å². The van der Waals surface area contributed by atoms with Crippen molar-refractivity contribution in [3.8, 4) is 0 Å². The Hall–Kier alpha value is -0.290. The highest BCUT2D eigenvalue weighted by atomic mass is 32.2. The molecule has 1 aliphatic heterocycles. The van der Waals surface area contributed by atoms with E-state index in [0.29, 0.717) is 0 Å². The van der Waals surface area contributed by atoms with Crippen molar-refractivity contribution in [2.45, 2.75) is 31.4 Å². The molecule has 0 aliphatic carbocycles. The quantitative estimate of drug-likeness (QED) is 0.798. The first-order valence-corrected chi connectivity index (χ1v) is 7.48. The number of anilines is 1. The Morgan fingerprint density at radius 1 is 1.40 bits per heavy atom. The molecule has 0 N–H and O–H groups in total. The second-order valence-electron chi connectivity index (χ2n) is 3.90. The van der Waals surface area contributed by atoms with E-state index in [2.05, 4.69) is 21.4 Å². The summed E-state index contributed by atoms with van der Waals surface area (Å²) in [5.41, 5.74) is 0. The molecule has 1 atom stereocenters. The minimum absolute atomic E-state index is 0.761. The van der Waals surface area contributed by atoms with Crippen molar-refractivity contribution in [1.82, 2.24) is 10.2 Å². The second-order valence-corrected chi connectivity index (χ2v) is 6.20. The SMILES string of the molecule is CSC1CCCCN(c2nnc(C)s2)C1. The Morgan fingerprint density at radius 2 is 2.27 bits per heavy atom. The fourth-order valence-corrected chi connectivity index (χ4v) is 3.34. The van der Waals surface area contributed by atoms with Gasteiger partial charge in [-0.15, -0.1) is 10.2 Å². The van der Waals surface area contributed by atoms with Crippen LogP contribution < -0.4 is 4.90 Å². The van der Waals surface area contributed by atoms with Gasteiger partial charge in [-0.05, 0) is 26.0 Å². The van der Waals surface area contributed by atoms with E-state index in [9.17, 15) is 0 Å². The molecular weight excluding hydrogens is 226 g/mol. The molecule has 84 valence electrons. The fourth-order valence-electron chi connectivity index (χ4n) is 1.88. The van der Waals surface area contributed by atoms with Crippen LogP contribution in [0.3, 0.4) is 0 Å². The van der Waals surface area contributed by atoms with Crippen molar-refractivity contribution >= 4 is 28.2 Å². The van der Waals surface area contributed by atoms with Gasteiger partial charge >= 0.3 is 0 Å². The zero-order valence-corrected chi connectivity index (χ0v) is 10.9. The molecule has 1 aliphatic rings. The molecule has 3 nitrogen and oxygen atoms in total. The van der Waals surface area contributed by atoms with Gasteiger partial charge in [0.2, 0.25) is 5.13 Å². The van der Waals surface area contributed by atoms with E-state index >= 15 is 0 Å². The Morgan fingerprint density at radius 3 is 2.93 bits per heavy atom. The van der Waals surface area contributed by atoms with Gasteiger partial charge in [-0.2, -0.15) is 11.8 Å². The summed E-state index contributed by atoms with van der Waals surface area (Å²) in [4.78, 5) is 2.40. The summed E-state index contributed by atoms with van der Waals surface area (Å²) in [6.45, 7) is 4.30. The van der Waals surface area contributed by atoms with Gasteiger partial charge in [-0.3, -0.25) is 0 Å². The molecule has 0 radical (unpaired) electrons. The van der Waals surface area contributed by atoms with Crippen molar-refractivity contribution < 1.29 is 0 Å². The highest BCUT2D eigenvalue weighted by molar-refractivity contribution is 7.99. The molecule has 2 rings (SSSR count). The highest BCUT2D eigenvalue weighted by Gasteiger charge is 2.19. The summed E-state index contributed by atoms with van der Waals surface area (Å²) in [6.07, 6.45) is 6.18. The maximum absolute atomic E-state index is 4.24. The highest BCUT2D eigenvalue weighted by Crippen LogP contribution is 2.26. The molecule has 15 heavy (non-hydrogen) atoms. The summed E-state index contributed by atoms with van der Waals surface area (Å²) >= 11 is 3.69. The van der Waals surface area contributed by atoms with E-state index in [-0.39, 0.29) is 0 Å². The molecule has 1 aromatic rings. The van der Waals surface area contributed by atoms with Crippen LogP contribution in [0.2, 0.25) is 0 Å². The third-order valence-electron chi connectivity index (χ3n) is 2.75. The number of aromatic nitrogens is 2.